The normalized spacial score (nSPS) is 11.4. The topological polar surface area (TPSA) is 69.3 Å². The van der Waals surface area contributed by atoms with Crippen molar-refractivity contribution in [3.05, 3.63) is 70.0 Å². The number of hydrogen-bond donors (Lipinski definition) is 0. The number of fused-ring (bicyclic) bond motifs is 3. The molecule has 0 saturated carbocycles. The predicted molar refractivity (Wildman–Crippen MR) is 97.1 cm³/mol. The van der Waals surface area contributed by atoms with Crippen LogP contribution in [-0.2, 0) is 7.05 Å². The fraction of sp³-hybridized carbons (Fsp3) is 0.111. The van der Waals surface area contributed by atoms with Crippen molar-refractivity contribution >= 4 is 34.2 Å². The smallest absolute Gasteiger partial charge is 0.262 e. The SMILES string of the molecule is Cn1c(=O)c2ccccc2n2c(SCC(=O)c3cc(F)ccc3F)nnc12. The molecule has 2 heterocycles. The largest absolute Gasteiger partial charge is 0.293 e. The van der Waals surface area contributed by atoms with E-state index in [1.807, 2.05) is 0 Å². The van der Waals surface area contributed by atoms with E-state index in [4.69, 9.17) is 0 Å². The fourth-order valence-electron chi connectivity index (χ4n) is 2.82. The number of ketones is 1. The van der Waals surface area contributed by atoms with Crippen molar-refractivity contribution < 1.29 is 13.6 Å². The zero-order valence-corrected chi connectivity index (χ0v) is 14.8. The van der Waals surface area contributed by atoms with Gasteiger partial charge in [-0.25, -0.2) is 8.78 Å². The third kappa shape index (κ3) is 2.89. The van der Waals surface area contributed by atoms with Crippen LogP contribution in [0.2, 0.25) is 0 Å². The minimum Gasteiger partial charge on any atom is -0.293 e. The molecule has 0 N–H and O–H groups in total. The summed E-state index contributed by atoms with van der Waals surface area (Å²) in [4.78, 5) is 24.7. The molecule has 136 valence electrons. The maximum Gasteiger partial charge on any atom is 0.262 e. The summed E-state index contributed by atoms with van der Waals surface area (Å²) in [7, 11) is 1.58. The lowest BCUT2D eigenvalue weighted by molar-refractivity contribution is 0.101. The third-order valence-corrected chi connectivity index (χ3v) is 5.09. The van der Waals surface area contributed by atoms with Crippen LogP contribution in [0.4, 0.5) is 8.78 Å². The van der Waals surface area contributed by atoms with Gasteiger partial charge in [0.05, 0.1) is 22.2 Å². The molecule has 0 atom stereocenters. The molecular weight excluding hydrogens is 374 g/mol. The molecule has 0 spiro atoms. The zero-order valence-electron chi connectivity index (χ0n) is 14.0. The number of hydrogen-bond acceptors (Lipinski definition) is 5. The number of carbonyl (C=O) groups excluding carboxylic acids is 1. The standard InChI is InChI=1S/C18H12F2N4O2S/c1-23-16(26)11-4-2-3-5-14(11)24-17(23)21-22-18(24)27-9-15(25)12-8-10(19)6-7-13(12)20/h2-8H,9H2,1H3. The second kappa shape index (κ2) is 6.58. The van der Waals surface area contributed by atoms with E-state index in [9.17, 15) is 18.4 Å². The van der Waals surface area contributed by atoms with Crippen molar-refractivity contribution in [3.8, 4) is 0 Å². The number of nitrogens with zero attached hydrogens (tertiary/aromatic N) is 4. The molecule has 0 radical (unpaired) electrons. The van der Waals surface area contributed by atoms with Crippen LogP contribution in [0.25, 0.3) is 16.7 Å². The summed E-state index contributed by atoms with van der Waals surface area (Å²) in [6.45, 7) is 0. The van der Waals surface area contributed by atoms with Gasteiger partial charge in [0, 0.05) is 7.05 Å². The second-order valence-electron chi connectivity index (χ2n) is 5.84. The first kappa shape index (κ1) is 17.3. The number of thioether (sulfide) groups is 1. The van der Waals surface area contributed by atoms with Crippen molar-refractivity contribution in [1.82, 2.24) is 19.2 Å². The molecule has 0 unspecified atom stereocenters. The Labute approximate surface area is 155 Å². The highest BCUT2D eigenvalue weighted by Gasteiger charge is 2.18. The molecule has 0 aliphatic rings. The quantitative estimate of drug-likeness (QED) is 0.399. The summed E-state index contributed by atoms with van der Waals surface area (Å²) in [5, 5.41) is 8.93. The molecule has 6 nitrogen and oxygen atoms in total. The van der Waals surface area contributed by atoms with Gasteiger partial charge in [-0.2, -0.15) is 0 Å². The van der Waals surface area contributed by atoms with Gasteiger partial charge in [-0.15, -0.1) is 10.2 Å². The van der Waals surface area contributed by atoms with Gasteiger partial charge >= 0.3 is 0 Å². The van der Waals surface area contributed by atoms with Gasteiger partial charge in [0.25, 0.3) is 5.56 Å². The van der Waals surface area contributed by atoms with Crippen molar-refractivity contribution in [1.29, 1.82) is 0 Å². The minimum atomic E-state index is -0.777. The monoisotopic (exact) mass is 386 g/mol. The lowest BCUT2D eigenvalue weighted by Crippen LogP contribution is -2.20. The number of benzene rings is 2. The van der Waals surface area contributed by atoms with Crippen LogP contribution < -0.4 is 5.56 Å². The van der Waals surface area contributed by atoms with Crippen LogP contribution in [0, 0.1) is 11.6 Å². The first-order valence-corrected chi connectivity index (χ1v) is 8.90. The molecule has 2 aromatic heterocycles. The van der Waals surface area contributed by atoms with Gasteiger partial charge in [-0.1, -0.05) is 23.9 Å². The van der Waals surface area contributed by atoms with E-state index in [1.165, 1.54) is 4.57 Å². The summed E-state index contributed by atoms with van der Waals surface area (Å²) >= 11 is 1.04. The van der Waals surface area contributed by atoms with Crippen LogP contribution in [0.1, 0.15) is 10.4 Å². The van der Waals surface area contributed by atoms with Gasteiger partial charge in [0.1, 0.15) is 11.6 Å². The van der Waals surface area contributed by atoms with Crippen molar-refractivity contribution in [3.63, 3.8) is 0 Å². The third-order valence-electron chi connectivity index (χ3n) is 4.16. The zero-order chi connectivity index (χ0) is 19.1. The average Bonchev–Trinajstić information content (AvgIpc) is 3.10. The number of halogens is 2. The van der Waals surface area contributed by atoms with Gasteiger partial charge in [0.2, 0.25) is 5.78 Å². The number of Topliss-reactive ketones (excluding diaryl/α,β-unsaturated/α-hetero) is 1. The molecule has 0 aliphatic carbocycles. The maximum atomic E-state index is 13.8. The van der Waals surface area contributed by atoms with E-state index < -0.39 is 17.4 Å². The molecule has 0 aliphatic heterocycles. The lowest BCUT2D eigenvalue weighted by atomic mass is 10.1. The molecule has 4 aromatic rings. The molecule has 0 amide bonds. The molecule has 27 heavy (non-hydrogen) atoms. The lowest BCUT2D eigenvalue weighted by Gasteiger charge is -2.07. The number of para-hydroxylation sites is 1. The van der Waals surface area contributed by atoms with Gasteiger partial charge in [-0.05, 0) is 30.3 Å². The number of carbonyl (C=O) groups is 1. The van der Waals surface area contributed by atoms with Crippen molar-refractivity contribution in [2.75, 3.05) is 5.75 Å². The predicted octanol–water partition coefficient (Wildman–Crippen LogP) is 2.83. The highest BCUT2D eigenvalue weighted by Crippen LogP contribution is 2.22. The van der Waals surface area contributed by atoms with E-state index in [0.29, 0.717) is 21.8 Å². The van der Waals surface area contributed by atoms with Gasteiger partial charge in [0.15, 0.2) is 10.9 Å². The summed E-state index contributed by atoms with van der Waals surface area (Å²) in [6.07, 6.45) is 0. The van der Waals surface area contributed by atoms with Crippen LogP contribution in [0.5, 0.6) is 0 Å². The number of aryl methyl sites for hydroxylation is 1. The Balaban J connectivity index is 1.74. The Morgan fingerprint density at radius 3 is 2.74 bits per heavy atom. The van der Waals surface area contributed by atoms with E-state index in [1.54, 1.807) is 35.7 Å². The van der Waals surface area contributed by atoms with Gasteiger partial charge in [-0.3, -0.25) is 18.6 Å². The second-order valence-corrected chi connectivity index (χ2v) is 6.78. The van der Waals surface area contributed by atoms with Gasteiger partial charge < -0.3 is 0 Å². The number of aromatic nitrogens is 4. The first-order valence-electron chi connectivity index (χ1n) is 7.91. The van der Waals surface area contributed by atoms with Crippen LogP contribution in [0.15, 0.2) is 52.4 Å². The van der Waals surface area contributed by atoms with Crippen LogP contribution in [-0.4, -0.2) is 30.7 Å². The average molecular weight is 386 g/mol. The molecule has 0 bridgehead atoms. The van der Waals surface area contributed by atoms with Crippen LogP contribution >= 0.6 is 11.8 Å². The first-order chi connectivity index (χ1) is 13.0. The minimum absolute atomic E-state index is 0.154. The fourth-order valence-corrected chi connectivity index (χ4v) is 3.65. The number of rotatable bonds is 4. The Hall–Kier alpha value is -3.07. The van der Waals surface area contributed by atoms with E-state index >= 15 is 0 Å². The maximum absolute atomic E-state index is 13.8. The molecule has 0 fully saturated rings. The summed E-state index contributed by atoms with van der Waals surface area (Å²) in [6, 6.07) is 9.73. The van der Waals surface area contributed by atoms with E-state index in [-0.39, 0.29) is 16.9 Å². The van der Waals surface area contributed by atoms with Crippen LogP contribution in [0.3, 0.4) is 0 Å². The Bertz CT molecular complexity index is 1270. The molecule has 0 saturated heterocycles. The highest BCUT2D eigenvalue weighted by molar-refractivity contribution is 7.99. The summed E-state index contributed by atoms with van der Waals surface area (Å²) in [5.41, 5.74) is 0.0843. The summed E-state index contributed by atoms with van der Waals surface area (Å²) in [5.74, 6) is -1.86. The van der Waals surface area contributed by atoms with Crippen molar-refractivity contribution in [2.24, 2.45) is 7.05 Å². The molecule has 9 heteroatoms. The Kier molecular flexibility index (Phi) is 4.23. The Morgan fingerprint density at radius 2 is 1.93 bits per heavy atom. The molecule has 4 rings (SSSR count). The molecular formula is C18H12F2N4O2S. The van der Waals surface area contributed by atoms with E-state index in [2.05, 4.69) is 10.2 Å². The highest BCUT2D eigenvalue weighted by atomic mass is 32.2. The van der Waals surface area contributed by atoms with E-state index in [0.717, 1.165) is 30.0 Å². The summed E-state index contributed by atoms with van der Waals surface area (Å²) < 4.78 is 30.1. The van der Waals surface area contributed by atoms with Crippen molar-refractivity contribution in [2.45, 2.75) is 5.16 Å². The Morgan fingerprint density at radius 1 is 1.15 bits per heavy atom. The molecule has 2 aromatic carbocycles.